The summed E-state index contributed by atoms with van der Waals surface area (Å²) in [5, 5.41) is 3.37. The lowest BCUT2D eigenvalue weighted by atomic mass is 10.0. The minimum Gasteiger partial charge on any atom is -0.399 e. The van der Waals surface area contributed by atoms with Crippen molar-refractivity contribution in [3.8, 4) is 0 Å². The van der Waals surface area contributed by atoms with Gasteiger partial charge in [-0.05, 0) is 66.7 Å². The molecule has 4 rings (SSSR count). The summed E-state index contributed by atoms with van der Waals surface area (Å²) in [6.07, 6.45) is 0. The number of anilines is 3. The third-order valence-corrected chi connectivity index (χ3v) is 5.44. The number of benzene rings is 3. The van der Waals surface area contributed by atoms with E-state index in [0.29, 0.717) is 46.3 Å². The minimum absolute atomic E-state index is 0.108. The number of hydrogen-bond acceptors (Lipinski definition) is 5. The lowest BCUT2D eigenvalue weighted by Gasteiger charge is -2.29. The fourth-order valence-corrected chi connectivity index (χ4v) is 3.72. The molecule has 0 saturated carbocycles. The molecule has 1 heterocycles. The van der Waals surface area contributed by atoms with Gasteiger partial charge in [0.25, 0.3) is 5.91 Å². The van der Waals surface area contributed by atoms with Gasteiger partial charge in [0.2, 0.25) is 0 Å². The first kappa shape index (κ1) is 20.9. The molecule has 7 heteroatoms. The molecule has 6 nitrogen and oxygen atoms in total. The van der Waals surface area contributed by atoms with Gasteiger partial charge in [0.1, 0.15) is 0 Å². The molecule has 0 bridgehead atoms. The number of carbonyl (C=O) groups is 2. The Labute approximate surface area is 185 Å². The van der Waals surface area contributed by atoms with Crippen LogP contribution >= 0.6 is 11.6 Å². The Hall–Kier alpha value is -3.35. The normalized spacial score (nSPS) is 13.6. The van der Waals surface area contributed by atoms with Crippen molar-refractivity contribution in [3.63, 3.8) is 0 Å². The van der Waals surface area contributed by atoms with Crippen LogP contribution < -0.4 is 16.0 Å². The molecule has 0 aromatic heterocycles. The average molecular weight is 436 g/mol. The summed E-state index contributed by atoms with van der Waals surface area (Å²) < 4.78 is 5.37. The topological polar surface area (TPSA) is 84.7 Å². The molecule has 0 aliphatic carbocycles. The van der Waals surface area contributed by atoms with E-state index in [4.69, 9.17) is 22.1 Å². The molecule has 1 aliphatic rings. The summed E-state index contributed by atoms with van der Waals surface area (Å²) in [6.45, 7) is 2.87. The van der Waals surface area contributed by atoms with E-state index in [1.807, 2.05) is 6.07 Å². The fourth-order valence-electron chi connectivity index (χ4n) is 3.42. The number of carbonyl (C=O) groups excluding carboxylic acids is 2. The summed E-state index contributed by atoms with van der Waals surface area (Å²) >= 11 is 6.43. The SMILES string of the molecule is Nc1ccc(C(=O)c2ccc(NC(=O)c3ccc(N4CCOCC4)c(Cl)c3)cc2)cc1. The molecule has 1 fully saturated rings. The van der Waals surface area contributed by atoms with Gasteiger partial charge in [-0.25, -0.2) is 0 Å². The van der Waals surface area contributed by atoms with Crippen molar-refractivity contribution >= 4 is 40.4 Å². The van der Waals surface area contributed by atoms with Crippen LogP contribution in [0, 0.1) is 0 Å². The monoisotopic (exact) mass is 435 g/mol. The van der Waals surface area contributed by atoms with Crippen molar-refractivity contribution in [1.82, 2.24) is 0 Å². The second-order valence-corrected chi connectivity index (χ2v) is 7.66. The van der Waals surface area contributed by atoms with E-state index in [9.17, 15) is 9.59 Å². The van der Waals surface area contributed by atoms with Crippen LogP contribution in [0.25, 0.3) is 0 Å². The van der Waals surface area contributed by atoms with Crippen molar-refractivity contribution in [2.75, 3.05) is 42.3 Å². The third-order valence-electron chi connectivity index (χ3n) is 5.14. The Morgan fingerprint density at radius 3 is 2.06 bits per heavy atom. The van der Waals surface area contributed by atoms with Crippen LogP contribution in [-0.2, 0) is 4.74 Å². The second-order valence-electron chi connectivity index (χ2n) is 7.25. The number of nitrogen functional groups attached to an aromatic ring is 1. The first-order valence-corrected chi connectivity index (χ1v) is 10.3. The molecule has 0 unspecified atom stereocenters. The Bertz CT molecular complexity index is 1090. The molecule has 3 aromatic rings. The van der Waals surface area contributed by atoms with Crippen molar-refractivity contribution in [3.05, 3.63) is 88.4 Å². The van der Waals surface area contributed by atoms with Crippen LogP contribution in [0.2, 0.25) is 5.02 Å². The largest absolute Gasteiger partial charge is 0.399 e. The molecule has 3 N–H and O–H groups in total. The fraction of sp³-hybridized carbons (Fsp3) is 0.167. The lowest BCUT2D eigenvalue weighted by molar-refractivity contribution is 0.102. The first-order chi connectivity index (χ1) is 15.0. The van der Waals surface area contributed by atoms with E-state index < -0.39 is 0 Å². The summed E-state index contributed by atoms with van der Waals surface area (Å²) in [6, 6.07) is 18.8. The number of nitrogens with zero attached hydrogens (tertiary/aromatic N) is 1. The van der Waals surface area contributed by atoms with E-state index in [1.54, 1.807) is 60.7 Å². The Morgan fingerprint density at radius 2 is 1.45 bits per heavy atom. The molecule has 1 amide bonds. The van der Waals surface area contributed by atoms with E-state index >= 15 is 0 Å². The number of halogens is 1. The number of rotatable bonds is 5. The maximum Gasteiger partial charge on any atom is 0.255 e. The zero-order valence-corrected chi connectivity index (χ0v) is 17.6. The van der Waals surface area contributed by atoms with Gasteiger partial charge in [0, 0.05) is 41.2 Å². The van der Waals surface area contributed by atoms with E-state index in [-0.39, 0.29) is 11.7 Å². The Balaban J connectivity index is 1.43. The first-order valence-electron chi connectivity index (χ1n) is 9.95. The number of nitrogens with two attached hydrogens (primary N) is 1. The molecule has 158 valence electrons. The molecule has 3 aromatic carbocycles. The van der Waals surface area contributed by atoms with Crippen LogP contribution in [-0.4, -0.2) is 38.0 Å². The Kier molecular flexibility index (Phi) is 6.21. The van der Waals surface area contributed by atoms with Crippen molar-refractivity contribution in [2.45, 2.75) is 0 Å². The molecule has 31 heavy (non-hydrogen) atoms. The number of morpholine rings is 1. The predicted molar refractivity (Wildman–Crippen MR) is 123 cm³/mol. The number of ketones is 1. The van der Waals surface area contributed by atoms with Gasteiger partial charge in [0.05, 0.1) is 23.9 Å². The molecular formula is C24H22ClN3O3. The second kappa shape index (κ2) is 9.20. The molecule has 0 radical (unpaired) electrons. The third kappa shape index (κ3) is 4.87. The van der Waals surface area contributed by atoms with E-state index in [0.717, 1.165) is 18.8 Å². The Morgan fingerprint density at radius 1 is 0.871 bits per heavy atom. The summed E-state index contributed by atoms with van der Waals surface area (Å²) in [5.41, 5.74) is 9.30. The number of nitrogens with one attached hydrogen (secondary N) is 1. The number of ether oxygens (including phenoxy) is 1. The molecule has 1 saturated heterocycles. The maximum absolute atomic E-state index is 12.6. The average Bonchev–Trinajstić information content (AvgIpc) is 2.80. The highest BCUT2D eigenvalue weighted by Crippen LogP contribution is 2.28. The zero-order valence-electron chi connectivity index (χ0n) is 16.8. The highest BCUT2D eigenvalue weighted by molar-refractivity contribution is 6.33. The highest BCUT2D eigenvalue weighted by Gasteiger charge is 2.16. The van der Waals surface area contributed by atoms with E-state index in [2.05, 4.69) is 10.2 Å². The van der Waals surface area contributed by atoms with Crippen molar-refractivity contribution < 1.29 is 14.3 Å². The van der Waals surface area contributed by atoms with Crippen molar-refractivity contribution in [2.24, 2.45) is 0 Å². The number of amides is 1. The highest BCUT2D eigenvalue weighted by atomic mass is 35.5. The van der Waals surface area contributed by atoms with Gasteiger partial charge < -0.3 is 20.7 Å². The summed E-state index contributed by atoms with van der Waals surface area (Å²) in [7, 11) is 0. The van der Waals surface area contributed by atoms with Gasteiger partial charge in [-0.15, -0.1) is 0 Å². The molecular weight excluding hydrogens is 414 g/mol. The van der Waals surface area contributed by atoms with Gasteiger partial charge in [-0.2, -0.15) is 0 Å². The number of hydrogen-bond donors (Lipinski definition) is 2. The standard InChI is InChI=1S/C24H22ClN3O3/c25-21-15-18(5-10-22(21)28-11-13-31-14-12-28)24(30)27-20-8-3-17(4-9-20)23(29)16-1-6-19(26)7-2-16/h1-10,15H,11-14,26H2,(H,27,30). The minimum atomic E-state index is -0.270. The van der Waals surface area contributed by atoms with Crippen LogP contribution in [0.5, 0.6) is 0 Å². The molecule has 0 atom stereocenters. The van der Waals surface area contributed by atoms with Crippen LogP contribution in [0.3, 0.4) is 0 Å². The van der Waals surface area contributed by atoms with Crippen molar-refractivity contribution in [1.29, 1.82) is 0 Å². The van der Waals surface area contributed by atoms with Gasteiger partial charge >= 0.3 is 0 Å². The quantitative estimate of drug-likeness (QED) is 0.462. The van der Waals surface area contributed by atoms with Gasteiger partial charge in [-0.3, -0.25) is 9.59 Å². The zero-order chi connectivity index (χ0) is 21.8. The van der Waals surface area contributed by atoms with Gasteiger partial charge in [0.15, 0.2) is 5.78 Å². The lowest BCUT2D eigenvalue weighted by Crippen LogP contribution is -2.36. The summed E-state index contributed by atoms with van der Waals surface area (Å²) in [4.78, 5) is 27.3. The van der Waals surface area contributed by atoms with Crippen LogP contribution in [0.15, 0.2) is 66.7 Å². The smallest absolute Gasteiger partial charge is 0.255 e. The van der Waals surface area contributed by atoms with Gasteiger partial charge in [-0.1, -0.05) is 11.6 Å². The maximum atomic E-state index is 12.6. The predicted octanol–water partition coefficient (Wildman–Crippen LogP) is 4.24. The van der Waals surface area contributed by atoms with Crippen LogP contribution in [0.4, 0.5) is 17.1 Å². The molecule has 1 aliphatic heterocycles. The summed E-state index contributed by atoms with van der Waals surface area (Å²) in [5.74, 6) is -0.378. The van der Waals surface area contributed by atoms with Crippen LogP contribution in [0.1, 0.15) is 26.3 Å². The molecule has 0 spiro atoms. The van der Waals surface area contributed by atoms with E-state index in [1.165, 1.54) is 0 Å².